The molecule has 1 aromatic rings. The lowest BCUT2D eigenvalue weighted by atomic mass is 10.1. The van der Waals surface area contributed by atoms with E-state index < -0.39 is 9.84 Å². The summed E-state index contributed by atoms with van der Waals surface area (Å²) in [5.41, 5.74) is 2.66. The van der Waals surface area contributed by atoms with Crippen LogP contribution in [0, 0.1) is 6.92 Å². The molecule has 0 bridgehead atoms. The molecule has 1 aliphatic rings. The zero-order valence-electron chi connectivity index (χ0n) is 9.36. The number of fused-ring (bicyclic) bond motifs is 1. The molecular formula is C12H14O2S2. The van der Waals surface area contributed by atoms with E-state index in [1.807, 2.05) is 25.1 Å². The molecule has 0 atom stereocenters. The molecule has 0 radical (unpaired) electrons. The van der Waals surface area contributed by atoms with E-state index in [1.54, 1.807) is 11.8 Å². The van der Waals surface area contributed by atoms with E-state index >= 15 is 0 Å². The molecular weight excluding hydrogens is 240 g/mol. The van der Waals surface area contributed by atoms with Crippen molar-refractivity contribution in [2.24, 2.45) is 0 Å². The number of rotatable bonds is 3. The second-order valence-corrected chi connectivity index (χ2v) is 6.79. The summed E-state index contributed by atoms with van der Waals surface area (Å²) in [5.74, 6) is 1.77. The molecule has 0 saturated heterocycles. The van der Waals surface area contributed by atoms with E-state index in [0.29, 0.717) is 4.90 Å². The molecule has 0 aliphatic carbocycles. The Bertz CT molecular complexity index is 542. The molecule has 2 rings (SSSR count). The Kier molecular flexibility index (Phi) is 3.13. The predicted octanol–water partition coefficient (Wildman–Crippen LogP) is 2.88. The number of thioether (sulfide) groups is 1. The Hall–Kier alpha value is -0.740. The molecule has 86 valence electrons. The van der Waals surface area contributed by atoms with Gasteiger partial charge in [0, 0.05) is 11.2 Å². The van der Waals surface area contributed by atoms with E-state index in [2.05, 4.69) is 6.92 Å². The Morgan fingerprint density at radius 2 is 2.06 bits per heavy atom. The molecule has 0 saturated carbocycles. The van der Waals surface area contributed by atoms with Crippen LogP contribution in [0.25, 0.3) is 5.57 Å². The highest BCUT2D eigenvalue weighted by Crippen LogP contribution is 2.36. The summed E-state index contributed by atoms with van der Waals surface area (Å²) in [6.45, 7) is 3.92. The van der Waals surface area contributed by atoms with E-state index in [0.717, 1.165) is 28.2 Å². The maximum absolute atomic E-state index is 12.0. The second kappa shape index (κ2) is 4.26. The topological polar surface area (TPSA) is 34.1 Å². The van der Waals surface area contributed by atoms with Gasteiger partial charge >= 0.3 is 0 Å². The molecule has 0 unspecified atom stereocenters. The summed E-state index contributed by atoms with van der Waals surface area (Å²) >= 11 is 1.74. The van der Waals surface area contributed by atoms with Crippen LogP contribution in [-0.2, 0) is 9.84 Å². The van der Waals surface area contributed by atoms with Crippen LogP contribution in [0.15, 0.2) is 28.5 Å². The number of hydrogen-bond donors (Lipinski definition) is 0. The van der Waals surface area contributed by atoms with Gasteiger partial charge in [-0.3, -0.25) is 0 Å². The van der Waals surface area contributed by atoms with Crippen molar-refractivity contribution in [3.05, 3.63) is 34.7 Å². The summed E-state index contributed by atoms with van der Waals surface area (Å²) < 4.78 is 23.9. The van der Waals surface area contributed by atoms with E-state index in [4.69, 9.17) is 0 Å². The van der Waals surface area contributed by atoms with Crippen molar-refractivity contribution >= 4 is 27.2 Å². The highest BCUT2D eigenvalue weighted by atomic mass is 32.2. The minimum absolute atomic E-state index is 0.502. The third-order valence-electron chi connectivity index (χ3n) is 2.60. The van der Waals surface area contributed by atoms with Crippen molar-refractivity contribution < 1.29 is 8.42 Å². The van der Waals surface area contributed by atoms with Gasteiger partial charge in [-0.05, 0) is 29.4 Å². The van der Waals surface area contributed by atoms with Crippen LogP contribution < -0.4 is 0 Å². The SMILES string of the molecule is CCSCC1=CS(=O)(=O)c2c(C)cccc21. The lowest BCUT2D eigenvalue weighted by Crippen LogP contribution is -1.96. The molecule has 0 amide bonds. The predicted molar refractivity (Wildman–Crippen MR) is 69.3 cm³/mol. The molecule has 0 aromatic heterocycles. The van der Waals surface area contributed by atoms with Crippen molar-refractivity contribution in [2.45, 2.75) is 18.7 Å². The van der Waals surface area contributed by atoms with Crippen molar-refractivity contribution in [2.75, 3.05) is 11.5 Å². The van der Waals surface area contributed by atoms with Crippen LogP contribution in [0.2, 0.25) is 0 Å². The zero-order valence-corrected chi connectivity index (χ0v) is 11.0. The van der Waals surface area contributed by atoms with Gasteiger partial charge in [-0.1, -0.05) is 25.1 Å². The maximum atomic E-state index is 12.0. The fourth-order valence-corrected chi connectivity index (χ4v) is 4.41. The first kappa shape index (κ1) is 11.7. The average molecular weight is 254 g/mol. The molecule has 1 aliphatic heterocycles. The summed E-state index contributed by atoms with van der Waals surface area (Å²) in [6, 6.07) is 5.66. The van der Waals surface area contributed by atoms with Gasteiger partial charge in [-0.2, -0.15) is 11.8 Å². The van der Waals surface area contributed by atoms with Crippen LogP contribution in [0.4, 0.5) is 0 Å². The minimum Gasteiger partial charge on any atom is -0.219 e. The van der Waals surface area contributed by atoms with E-state index in [1.165, 1.54) is 5.41 Å². The Balaban J connectivity index is 2.52. The largest absolute Gasteiger partial charge is 0.219 e. The first-order chi connectivity index (χ1) is 7.56. The zero-order chi connectivity index (χ0) is 11.8. The van der Waals surface area contributed by atoms with Crippen molar-refractivity contribution in [1.82, 2.24) is 0 Å². The summed E-state index contributed by atoms with van der Waals surface area (Å²) in [5, 5.41) is 1.42. The summed E-state index contributed by atoms with van der Waals surface area (Å²) in [7, 11) is -3.19. The third-order valence-corrected chi connectivity index (χ3v) is 5.23. The molecule has 0 fully saturated rings. The number of benzene rings is 1. The standard InChI is InChI=1S/C12H14O2S2/c1-3-15-7-10-8-16(13,14)12-9(2)5-4-6-11(10)12/h4-6,8H,3,7H2,1-2H3. The maximum Gasteiger partial charge on any atom is 0.201 e. The molecule has 4 heteroatoms. The lowest BCUT2D eigenvalue weighted by Gasteiger charge is -2.05. The Morgan fingerprint density at radius 1 is 1.31 bits per heavy atom. The van der Waals surface area contributed by atoms with Gasteiger partial charge in [0.25, 0.3) is 0 Å². The highest BCUT2D eigenvalue weighted by molar-refractivity contribution is 8.00. The van der Waals surface area contributed by atoms with Crippen LogP contribution in [0.5, 0.6) is 0 Å². The first-order valence-corrected chi connectivity index (χ1v) is 7.89. The van der Waals surface area contributed by atoms with Gasteiger partial charge < -0.3 is 0 Å². The number of aryl methyl sites for hydroxylation is 1. The van der Waals surface area contributed by atoms with Crippen LogP contribution in [0.1, 0.15) is 18.1 Å². The average Bonchev–Trinajstić information content (AvgIpc) is 2.49. The molecule has 1 heterocycles. The Labute approximate surface area is 101 Å². The first-order valence-electron chi connectivity index (χ1n) is 5.19. The van der Waals surface area contributed by atoms with Gasteiger partial charge in [-0.25, -0.2) is 8.42 Å². The smallest absolute Gasteiger partial charge is 0.201 e. The van der Waals surface area contributed by atoms with Gasteiger partial charge in [0.2, 0.25) is 9.84 Å². The summed E-state index contributed by atoms with van der Waals surface area (Å²) in [4.78, 5) is 0.502. The van der Waals surface area contributed by atoms with Gasteiger partial charge in [-0.15, -0.1) is 0 Å². The van der Waals surface area contributed by atoms with Gasteiger partial charge in [0.1, 0.15) is 0 Å². The van der Waals surface area contributed by atoms with E-state index in [-0.39, 0.29) is 0 Å². The molecule has 2 nitrogen and oxygen atoms in total. The lowest BCUT2D eigenvalue weighted by molar-refractivity contribution is 0.605. The molecule has 1 aromatic carbocycles. The van der Waals surface area contributed by atoms with Crippen LogP contribution in [-0.4, -0.2) is 19.9 Å². The Morgan fingerprint density at radius 3 is 2.75 bits per heavy atom. The van der Waals surface area contributed by atoms with Crippen molar-refractivity contribution in [1.29, 1.82) is 0 Å². The fraction of sp³-hybridized carbons (Fsp3) is 0.333. The number of hydrogen-bond acceptors (Lipinski definition) is 3. The summed E-state index contributed by atoms with van der Waals surface area (Å²) in [6.07, 6.45) is 0. The molecule has 0 N–H and O–H groups in total. The van der Waals surface area contributed by atoms with Crippen LogP contribution >= 0.6 is 11.8 Å². The molecule has 0 spiro atoms. The number of sulfone groups is 1. The quantitative estimate of drug-likeness (QED) is 0.831. The third kappa shape index (κ3) is 1.92. The normalized spacial score (nSPS) is 17.0. The van der Waals surface area contributed by atoms with Gasteiger partial charge in [0.15, 0.2) is 0 Å². The minimum atomic E-state index is -3.19. The molecule has 16 heavy (non-hydrogen) atoms. The van der Waals surface area contributed by atoms with E-state index in [9.17, 15) is 8.42 Å². The van der Waals surface area contributed by atoms with Crippen molar-refractivity contribution in [3.63, 3.8) is 0 Å². The van der Waals surface area contributed by atoms with Gasteiger partial charge in [0.05, 0.1) is 4.90 Å². The monoisotopic (exact) mass is 254 g/mol. The fourth-order valence-electron chi connectivity index (χ4n) is 1.92. The van der Waals surface area contributed by atoms with Crippen LogP contribution in [0.3, 0.4) is 0 Å². The van der Waals surface area contributed by atoms with Crippen molar-refractivity contribution in [3.8, 4) is 0 Å². The second-order valence-electron chi connectivity index (χ2n) is 3.78. The highest BCUT2D eigenvalue weighted by Gasteiger charge is 2.27.